The van der Waals surface area contributed by atoms with E-state index in [0.29, 0.717) is 19.0 Å². The second kappa shape index (κ2) is 7.37. The van der Waals surface area contributed by atoms with Crippen LogP contribution in [0.2, 0.25) is 0 Å². The number of Topliss-reactive ketones (excluding diaryl/α,β-unsaturated/α-hetero) is 1. The molecule has 0 spiro atoms. The van der Waals surface area contributed by atoms with Gasteiger partial charge in [-0.2, -0.15) is 0 Å². The quantitative estimate of drug-likeness (QED) is 0.554. The zero-order valence-electron chi connectivity index (χ0n) is 12.2. The largest absolute Gasteiger partial charge is 0.464 e. The summed E-state index contributed by atoms with van der Waals surface area (Å²) in [6.45, 7) is 3.13. The third kappa shape index (κ3) is 3.28. The highest BCUT2D eigenvalue weighted by molar-refractivity contribution is 8.04. The van der Waals surface area contributed by atoms with Gasteiger partial charge in [-0.1, -0.05) is 5.16 Å². The Morgan fingerprint density at radius 1 is 1.41 bits per heavy atom. The molecular formula is C14H15NO6S. The van der Waals surface area contributed by atoms with E-state index in [2.05, 4.69) is 9.89 Å². The van der Waals surface area contributed by atoms with E-state index in [1.165, 1.54) is 17.8 Å². The lowest BCUT2D eigenvalue weighted by Gasteiger charge is -2.10. The average Bonchev–Trinajstić information content (AvgIpc) is 2.96. The highest BCUT2D eigenvalue weighted by Gasteiger charge is 2.36. The Hall–Kier alpha value is -1.93. The third-order valence-electron chi connectivity index (χ3n) is 2.90. The lowest BCUT2D eigenvalue weighted by molar-refractivity contribution is 0.0586. The molecule has 1 aliphatic carbocycles. The summed E-state index contributed by atoms with van der Waals surface area (Å²) in [5, 5.41) is 3.47. The van der Waals surface area contributed by atoms with Crippen LogP contribution in [0.25, 0.3) is 0 Å². The normalized spacial score (nSPS) is 13.8. The molecule has 0 saturated carbocycles. The molecule has 0 unspecified atom stereocenters. The second-order valence-corrected chi connectivity index (χ2v) is 5.46. The molecule has 1 aromatic rings. The Balaban J connectivity index is 2.13. The van der Waals surface area contributed by atoms with Crippen LogP contribution in [-0.2, 0) is 9.47 Å². The van der Waals surface area contributed by atoms with Crippen molar-refractivity contribution < 1.29 is 28.4 Å². The first-order chi connectivity index (χ1) is 10.6. The number of fused-ring (bicyclic) bond motifs is 1. The molecule has 0 aromatic carbocycles. The molecule has 0 amide bonds. The molecule has 0 radical (unpaired) electrons. The van der Waals surface area contributed by atoms with Gasteiger partial charge in [0.15, 0.2) is 0 Å². The minimum absolute atomic E-state index is 0.119. The first-order valence-electron chi connectivity index (χ1n) is 6.69. The number of ether oxygens (including phenoxy) is 2. The summed E-state index contributed by atoms with van der Waals surface area (Å²) in [6, 6.07) is 0. The number of nitrogens with zero attached hydrogens (tertiary/aromatic N) is 1. The number of esters is 1. The van der Waals surface area contributed by atoms with Gasteiger partial charge in [-0.3, -0.25) is 9.59 Å². The average molecular weight is 325 g/mol. The molecule has 1 aromatic heterocycles. The highest BCUT2D eigenvalue weighted by atomic mass is 32.2. The van der Waals surface area contributed by atoms with Crippen molar-refractivity contribution in [2.75, 3.05) is 26.1 Å². The van der Waals surface area contributed by atoms with Gasteiger partial charge in [0.2, 0.25) is 23.0 Å². The van der Waals surface area contributed by atoms with Crippen LogP contribution in [0.5, 0.6) is 0 Å². The van der Waals surface area contributed by atoms with E-state index in [0.717, 1.165) is 13.5 Å². The maximum Gasteiger partial charge on any atom is 0.361 e. The zero-order chi connectivity index (χ0) is 16.1. The number of carbonyl (C=O) groups excluding carboxylic acids is 3. The Kier molecular flexibility index (Phi) is 5.51. The number of ketones is 2. The van der Waals surface area contributed by atoms with Crippen LogP contribution in [0.15, 0.2) is 15.5 Å². The van der Waals surface area contributed by atoms with Crippen molar-refractivity contribution in [3.05, 3.63) is 28.0 Å². The molecule has 0 bridgehead atoms. The molecule has 1 heterocycles. The van der Waals surface area contributed by atoms with Crippen LogP contribution in [0.3, 0.4) is 0 Å². The van der Waals surface area contributed by atoms with Crippen molar-refractivity contribution in [2.24, 2.45) is 0 Å². The standard InChI is InChI=1S/C14H15NO6S/c1-3-20-5-4-6-22-9-7-8(16)13-10(12(9)17)11(15-21-13)14(18)19-2/h7H,3-6H2,1-2H3. The van der Waals surface area contributed by atoms with Crippen LogP contribution < -0.4 is 0 Å². The summed E-state index contributed by atoms with van der Waals surface area (Å²) in [6.07, 6.45) is 1.96. The van der Waals surface area contributed by atoms with Crippen LogP contribution in [0, 0.1) is 0 Å². The number of allylic oxidation sites excluding steroid dienone is 2. The minimum atomic E-state index is -0.811. The smallest absolute Gasteiger partial charge is 0.361 e. The van der Waals surface area contributed by atoms with Crippen LogP contribution in [0.4, 0.5) is 0 Å². The predicted molar refractivity (Wildman–Crippen MR) is 78.2 cm³/mol. The molecule has 1 aliphatic rings. The fourth-order valence-corrected chi connectivity index (χ4v) is 2.78. The van der Waals surface area contributed by atoms with Crippen molar-refractivity contribution in [3.63, 3.8) is 0 Å². The van der Waals surface area contributed by atoms with Crippen LogP contribution >= 0.6 is 11.8 Å². The van der Waals surface area contributed by atoms with Gasteiger partial charge in [0, 0.05) is 25.0 Å². The van der Waals surface area contributed by atoms with Gasteiger partial charge in [-0.05, 0) is 13.3 Å². The fraction of sp³-hybridized carbons (Fsp3) is 0.429. The van der Waals surface area contributed by atoms with Gasteiger partial charge < -0.3 is 14.0 Å². The van der Waals surface area contributed by atoms with E-state index in [-0.39, 0.29) is 21.9 Å². The first kappa shape index (κ1) is 16.4. The van der Waals surface area contributed by atoms with Gasteiger partial charge in [-0.25, -0.2) is 4.79 Å². The van der Waals surface area contributed by atoms with Crippen molar-refractivity contribution in [3.8, 4) is 0 Å². The van der Waals surface area contributed by atoms with Gasteiger partial charge >= 0.3 is 5.97 Å². The number of rotatable bonds is 7. The summed E-state index contributed by atoms with van der Waals surface area (Å²) < 4.78 is 14.5. The molecule has 0 saturated heterocycles. The van der Waals surface area contributed by atoms with Gasteiger partial charge in [-0.15, -0.1) is 11.8 Å². The number of thioether (sulfide) groups is 1. The van der Waals surface area contributed by atoms with Gasteiger partial charge in [0.1, 0.15) is 5.56 Å². The zero-order valence-corrected chi connectivity index (χ0v) is 13.0. The molecule has 0 atom stereocenters. The topological polar surface area (TPSA) is 95.7 Å². The summed E-state index contributed by atoms with van der Waals surface area (Å²) in [7, 11) is 1.16. The number of carbonyl (C=O) groups is 3. The van der Waals surface area contributed by atoms with Crippen molar-refractivity contribution in [2.45, 2.75) is 13.3 Å². The van der Waals surface area contributed by atoms with Crippen LogP contribution in [0.1, 0.15) is 44.7 Å². The molecule has 7 nitrogen and oxygen atoms in total. The van der Waals surface area contributed by atoms with E-state index in [1.807, 2.05) is 6.92 Å². The maximum absolute atomic E-state index is 12.4. The summed E-state index contributed by atoms with van der Waals surface area (Å²) >= 11 is 1.24. The van der Waals surface area contributed by atoms with E-state index < -0.39 is 17.5 Å². The van der Waals surface area contributed by atoms with Crippen molar-refractivity contribution >= 4 is 29.3 Å². The maximum atomic E-state index is 12.4. The number of hydrogen-bond donors (Lipinski definition) is 0. The monoisotopic (exact) mass is 325 g/mol. The van der Waals surface area contributed by atoms with Gasteiger partial charge in [0.05, 0.1) is 12.0 Å². The lowest BCUT2D eigenvalue weighted by atomic mass is 10.00. The lowest BCUT2D eigenvalue weighted by Crippen LogP contribution is -2.18. The van der Waals surface area contributed by atoms with Crippen molar-refractivity contribution in [1.82, 2.24) is 5.16 Å². The molecule has 118 valence electrons. The highest BCUT2D eigenvalue weighted by Crippen LogP contribution is 2.30. The molecule has 8 heteroatoms. The molecule has 0 aliphatic heterocycles. The second-order valence-electron chi connectivity index (χ2n) is 4.33. The molecule has 0 fully saturated rings. The van der Waals surface area contributed by atoms with Gasteiger partial charge in [0.25, 0.3) is 0 Å². The summed E-state index contributed by atoms with van der Waals surface area (Å²) in [5.74, 6) is -1.33. The summed E-state index contributed by atoms with van der Waals surface area (Å²) in [5.41, 5.74) is -0.386. The first-order valence-corrected chi connectivity index (χ1v) is 7.68. The summed E-state index contributed by atoms with van der Waals surface area (Å²) in [4.78, 5) is 36.2. The van der Waals surface area contributed by atoms with Crippen molar-refractivity contribution in [1.29, 1.82) is 0 Å². The van der Waals surface area contributed by atoms with Crippen LogP contribution in [-0.4, -0.2) is 48.8 Å². The number of methoxy groups -OCH3 is 1. The molecule has 2 rings (SSSR count). The predicted octanol–water partition coefficient (Wildman–Crippen LogP) is 1.88. The Labute approximate surface area is 131 Å². The third-order valence-corrected chi connectivity index (χ3v) is 4.01. The minimum Gasteiger partial charge on any atom is -0.464 e. The Bertz CT molecular complexity index is 633. The van der Waals surface area contributed by atoms with E-state index in [9.17, 15) is 14.4 Å². The molecule has 22 heavy (non-hydrogen) atoms. The molecule has 0 N–H and O–H groups in total. The van der Waals surface area contributed by atoms with E-state index >= 15 is 0 Å². The Morgan fingerprint density at radius 2 is 2.18 bits per heavy atom. The van der Waals surface area contributed by atoms with E-state index in [4.69, 9.17) is 9.26 Å². The SMILES string of the molecule is CCOCCCSC1=CC(=O)c2onc(C(=O)OC)c2C1=O. The molecular weight excluding hydrogens is 310 g/mol. The Morgan fingerprint density at radius 3 is 2.86 bits per heavy atom. The number of hydrogen-bond acceptors (Lipinski definition) is 8. The van der Waals surface area contributed by atoms with E-state index in [1.54, 1.807) is 0 Å². The fourth-order valence-electron chi connectivity index (χ4n) is 1.87. The number of aromatic nitrogens is 1.